The van der Waals surface area contributed by atoms with Gasteiger partial charge in [0.2, 0.25) is 0 Å². The molecule has 164 valence electrons. The minimum atomic E-state index is -0.169. The Hall–Kier alpha value is -3.57. The van der Waals surface area contributed by atoms with Crippen molar-refractivity contribution in [3.8, 4) is 22.5 Å². The zero-order valence-corrected chi connectivity index (χ0v) is 18.8. The third-order valence-corrected chi connectivity index (χ3v) is 6.94. The molecular formula is C28H27N5. The van der Waals surface area contributed by atoms with Crippen molar-refractivity contribution in [1.82, 2.24) is 14.6 Å². The number of imidazole rings is 1. The number of rotatable bonds is 5. The molecule has 0 amide bonds. The van der Waals surface area contributed by atoms with E-state index in [-0.39, 0.29) is 5.54 Å². The second kappa shape index (κ2) is 7.78. The topological polar surface area (TPSA) is 68.6 Å². The van der Waals surface area contributed by atoms with E-state index in [4.69, 9.17) is 15.8 Å². The first-order chi connectivity index (χ1) is 16.2. The minimum absolute atomic E-state index is 0.169. The number of aromatic nitrogens is 3. The number of hydrogen-bond acceptors (Lipinski definition) is 4. The van der Waals surface area contributed by atoms with E-state index in [0.717, 1.165) is 64.4 Å². The van der Waals surface area contributed by atoms with E-state index in [1.54, 1.807) is 0 Å². The lowest BCUT2D eigenvalue weighted by Crippen LogP contribution is -2.43. The molecule has 5 heteroatoms. The number of allylic oxidation sites excluding steroid dienone is 1. The number of benzene rings is 2. The largest absolute Gasteiger partial charge is 0.321 e. The summed E-state index contributed by atoms with van der Waals surface area (Å²) in [6.07, 6.45) is 8.32. The van der Waals surface area contributed by atoms with Crippen LogP contribution in [0, 0.1) is 0 Å². The molecule has 6 rings (SSSR count). The number of hydrogen-bond donors (Lipinski definition) is 1. The predicted molar refractivity (Wildman–Crippen MR) is 133 cm³/mol. The van der Waals surface area contributed by atoms with E-state index in [0.29, 0.717) is 6.54 Å². The van der Waals surface area contributed by atoms with Gasteiger partial charge in [-0.15, -0.1) is 0 Å². The Bertz CT molecular complexity index is 1390. The van der Waals surface area contributed by atoms with Crippen molar-refractivity contribution >= 4 is 11.4 Å². The Morgan fingerprint density at radius 3 is 2.42 bits per heavy atom. The van der Waals surface area contributed by atoms with Gasteiger partial charge >= 0.3 is 0 Å². The van der Waals surface area contributed by atoms with Gasteiger partial charge in [-0.2, -0.15) is 5.10 Å². The highest BCUT2D eigenvalue weighted by Gasteiger charge is 2.34. The van der Waals surface area contributed by atoms with Crippen LogP contribution in [0.2, 0.25) is 0 Å². The highest BCUT2D eigenvalue weighted by Crippen LogP contribution is 2.40. The van der Waals surface area contributed by atoms with Crippen molar-refractivity contribution in [3.63, 3.8) is 0 Å². The molecule has 1 saturated carbocycles. The molecule has 3 heterocycles. The van der Waals surface area contributed by atoms with E-state index in [2.05, 4.69) is 78.7 Å². The summed E-state index contributed by atoms with van der Waals surface area (Å²) in [4.78, 5) is 9.84. The molecule has 33 heavy (non-hydrogen) atoms. The maximum Gasteiger partial charge on any atom is 0.164 e. The van der Waals surface area contributed by atoms with Crippen LogP contribution in [0.15, 0.2) is 77.8 Å². The Morgan fingerprint density at radius 2 is 1.79 bits per heavy atom. The zero-order chi connectivity index (χ0) is 22.4. The van der Waals surface area contributed by atoms with Gasteiger partial charge in [0.15, 0.2) is 5.65 Å². The van der Waals surface area contributed by atoms with E-state index < -0.39 is 0 Å². The molecule has 0 bridgehead atoms. The number of nitrogens with two attached hydrogens (primary N) is 1. The van der Waals surface area contributed by atoms with Gasteiger partial charge in [0.1, 0.15) is 5.69 Å². The smallest absolute Gasteiger partial charge is 0.164 e. The van der Waals surface area contributed by atoms with Crippen molar-refractivity contribution in [3.05, 3.63) is 89.6 Å². The van der Waals surface area contributed by atoms with Gasteiger partial charge in [0, 0.05) is 22.2 Å². The summed E-state index contributed by atoms with van der Waals surface area (Å²) in [5.74, 6) is 0. The third kappa shape index (κ3) is 3.31. The summed E-state index contributed by atoms with van der Waals surface area (Å²) in [5.41, 5.74) is 15.6. The first-order valence-corrected chi connectivity index (χ1v) is 11.8. The fourth-order valence-corrected chi connectivity index (χ4v) is 4.84. The van der Waals surface area contributed by atoms with Crippen molar-refractivity contribution in [2.75, 3.05) is 6.54 Å². The van der Waals surface area contributed by atoms with Crippen molar-refractivity contribution in [1.29, 1.82) is 0 Å². The molecule has 0 unspecified atom stereocenters. The molecule has 2 N–H and O–H groups in total. The molecule has 2 aromatic heterocycles. The molecule has 1 aliphatic heterocycles. The van der Waals surface area contributed by atoms with Crippen molar-refractivity contribution in [2.45, 2.75) is 38.1 Å². The second-order valence-electron chi connectivity index (χ2n) is 9.03. The summed E-state index contributed by atoms with van der Waals surface area (Å²) in [6, 6.07) is 21.2. The van der Waals surface area contributed by atoms with Gasteiger partial charge in [0.05, 0.1) is 23.6 Å². The molecule has 2 aliphatic rings. The predicted octanol–water partition coefficient (Wildman–Crippen LogP) is 5.32. The molecule has 0 atom stereocenters. The Kier molecular flexibility index (Phi) is 4.73. The molecule has 0 radical (unpaired) electrons. The average molecular weight is 434 g/mol. The van der Waals surface area contributed by atoms with E-state index in [1.165, 1.54) is 12.0 Å². The third-order valence-electron chi connectivity index (χ3n) is 6.94. The van der Waals surface area contributed by atoms with E-state index in [9.17, 15) is 0 Å². The van der Waals surface area contributed by atoms with Crippen LogP contribution in [0.25, 0.3) is 28.2 Å². The summed E-state index contributed by atoms with van der Waals surface area (Å²) in [6.45, 7) is 2.85. The lowest BCUT2D eigenvalue weighted by Gasteiger charge is -2.38. The minimum Gasteiger partial charge on any atom is -0.321 e. The summed E-state index contributed by atoms with van der Waals surface area (Å²) >= 11 is 0. The second-order valence-corrected chi connectivity index (χ2v) is 9.03. The lowest BCUT2D eigenvalue weighted by molar-refractivity contribution is 0.253. The van der Waals surface area contributed by atoms with E-state index in [1.807, 2.05) is 10.6 Å². The average Bonchev–Trinajstić information content (AvgIpc) is 3.51. The molecule has 5 nitrogen and oxygen atoms in total. The fraction of sp³-hybridized carbons (Fsp3) is 0.250. The van der Waals surface area contributed by atoms with Gasteiger partial charge in [-0.1, -0.05) is 67.6 Å². The van der Waals surface area contributed by atoms with Crippen LogP contribution in [0.5, 0.6) is 0 Å². The molecular weight excluding hydrogens is 406 g/mol. The van der Waals surface area contributed by atoms with Crippen LogP contribution in [-0.2, 0) is 12.0 Å². The summed E-state index contributed by atoms with van der Waals surface area (Å²) < 4.78 is 2.01. The van der Waals surface area contributed by atoms with Crippen LogP contribution in [0.3, 0.4) is 0 Å². The first-order valence-electron chi connectivity index (χ1n) is 11.8. The Balaban J connectivity index is 1.59. The molecule has 0 saturated heterocycles. The molecule has 1 fully saturated rings. The summed E-state index contributed by atoms with van der Waals surface area (Å²) in [7, 11) is 0. The van der Waals surface area contributed by atoms with Crippen molar-refractivity contribution < 1.29 is 0 Å². The number of aryl methyl sites for hydroxylation is 1. The zero-order valence-electron chi connectivity index (χ0n) is 18.8. The van der Waals surface area contributed by atoms with Gasteiger partial charge in [0.25, 0.3) is 0 Å². The number of fused-ring (bicyclic) bond motifs is 1. The highest BCUT2D eigenvalue weighted by molar-refractivity contribution is 6.13. The number of aliphatic imine (C=N–C) groups is 1. The standard InChI is InChI=1S/C28H27N5/c1-2-22-18-23(24-10-6-17-30-24)27-31-25(26(33(27)32-22)20-8-4-3-5-9-20)19-11-13-21(14-12-19)28(29)15-7-16-28/h3-6,8-14,18H,2,7,15-17,29H2,1H3. The molecule has 0 spiro atoms. The normalized spacial score (nSPS) is 16.7. The van der Waals surface area contributed by atoms with Crippen molar-refractivity contribution in [2.24, 2.45) is 10.7 Å². The van der Waals surface area contributed by atoms with Gasteiger partial charge < -0.3 is 5.73 Å². The Labute approximate surface area is 193 Å². The Morgan fingerprint density at radius 1 is 1.00 bits per heavy atom. The number of nitrogens with zero attached hydrogens (tertiary/aromatic N) is 4. The van der Waals surface area contributed by atoms with Crippen LogP contribution in [-0.4, -0.2) is 26.9 Å². The molecule has 1 aliphatic carbocycles. The van der Waals surface area contributed by atoms with Crippen LogP contribution < -0.4 is 5.73 Å². The van der Waals surface area contributed by atoms with Gasteiger partial charge in [-0.3, -0.25) is 4.99 Å². The monoisotopic (exact) mass is 433 g/mol. The van der Waals surface area contributed by atoms with Crippen LogP contribution in [0.1, 0.15) is 43.0 Å². The van der Waals surface area contributed by atoms with Crippen LogP contribution in [0.4, 0.5) is 0 Å². The highest BCUT2D eigenvalue weighted by atomic mass is 15.3. The fourth-order valence-electron chi connectivity index (χ4n) is 4.84. The maximum absolute atomic E-state index is 6.57. The first kappa shape index (κ1) is 20.1. The lowest BCUT2D eigenvalue weighted by atomic mass is 9.72. The van der Waals surface area contributed by atoms with Crippen LogP contribution >= 0.6 is 0 Å². The molecule has 4 aromatic rings. The quantitative estimate of drug-likeness (QED) is 0.463. The summed E-state index contributed by atoms with van der Waals surface area (Å²) in [5, 5.41) is 4.98. The SMILES string of the molecule is CCc1cc(C2=NCC=C2)c2nc(-c3ccc(C4(N)CCC4)cc3)c(-c3ccccc3)n2n1. The van der Waals surface area contributed by atoms with Gasteiger partial charge in [-0.05, 0) is 43.4 Å². The van der Waals surface area contributed by atoms with E-state index >= 15 is 0 Å². The maximum atomic E-state index is 6.57. The molecule has 2 aromatic carbocycles. The van der Waals surface area contributed by atoms with Gasteiger partial charge in [-0.25, -0.2) is 9.50 Å².